The van der Waals surface area contributed by atoms with E-state index >= 15 is 0 Å². The number of aromatic nitrogens is 2. The summed E-state index contributed by atoms with van der Waals surface area (Å²) in [6, 6.07) is 1.71. The lowest BCUT2D eigenvalue weighted by Crippen LogP contribution is -2.28. The monoisotopic (exact) mass is 299 g/mol. The molecular weight excluding hydrogens is 282 g/mol. The van der Waals surface area contributed by atoms with E-state index in [4.69, 9.17) is 0 Å². The van der Waals surface area contributed by atoms with Crippen LogP contribution in [-0.2, 0) is 6.54 Å². The Balaban J connectivity index is 2.13. The molecule has 1 aliphatic heterocycles. The average Bonchev–Trinajstić information content (AvgIpc) is 2.85. The van der Waals surface area contributed by atoms with Gasteiger partial charge in [-0.15, -0.1) is 0 Å². The van der Waals surface area contributed by atoms with Crippen molar-refractivity contribution >= 4 is 21.6 Å². The van der Waals surface area contributed by atoms with Crippen LogP contribution < -0.4 is 10.5 Å². The van der Waals surface area contributed by atoms with Crippen molar-refractivity contribution in [3.8, 4) is 0 Å². The van der Waals surface area contributed by atoms with E-state index < -0.39 is 0 Å². The highest BCUT2D eigenvalue weighted by Gasteiger charge is 2.14. The first-order chi connectivity index (χ1) is 8.20. The van der Waals surface area contributed by atoms with Gasteiger partial charge in [0.25, 0.3) is 5.56 Å². The molecule has 1 aliphatic rings. The predicted octanol–water partition coefficient (Wildman–Crippen LogP) is 1.87. The molecule has 0 aliphatic carbocycles. The summed E-state index contributed by atoms with van der Waals surface area (Å²) in [7, 11) is 0. The minimum absolute atomic E-state index is 0.00204. The Bertz CT molecular complexity index is 426. The van der Waals surface area contributed by atoms with Gasteiger partial charge in [-0.1, -0.05) is 22.9 Å². The van der Waals surface area contributed by atoms with E-state index in [1.165, 1.54) is 12.8 Å². The van der Waals surface area contributed by atoms with Gasteiger partial charge in [0, 0.05) is 31.0 Å². The smallest absolute Gasteiger partial charge is 0.268 e. The molecule has 1 aromatic rings. The van der Waals surface area contributed by atoms with Crippen molar-refractivity contribution in [1.29, 1.82) is 0 Å². The van der Waals surface area contributed by atoms with Gasteiger partial charge < -0.3 is 4.90 Å². The number of anilines is 1. The van der Waals surface area contributed by atoms with Gasteiger partial charge >= 0.3 is 0 Å². The average molecular weight is 300 g/mol. The summed E-state index contributed by atoms with van der Waals surface area (Å²) in [6.07, 6.45) is 4.24. The summed E-state index contributed by atoms with van der Waals surface area (Å²) in [5.41, 5.74) is 0.970. The van der Waals surface area contributed by atoms with Crippen LogP contribution in [0.25, 0.3) is 0 Å². The Morgan fingerprint density at radius 2 is 2.18 bits per heavy atom. The third-order valence-corrected chi connectivity index (χ3v) is 4.18. The molecule has 1 atom stereocenters. The van der Waals surface area contributed by atoms with Gasteiger partial charge in [-0.2, -0.15) is 5.10 Å². The number of rotatable bonds is 4. The molecule has 0 amide bonds. The lowest BCUT2D eigenvalue weighted by atomic mass is 10.2. The zero-order valence-electron chi connectivity index (χ0n) is 10.1. The third-order valence-electron chi connectivity index (χ3n) is 3.07. The maximum absolute atomic E-state index is 11.9. The number of hydrogen-bond acceptors (Lipinski definition) is 3. The fourth-order valence-corrected chi connectivity index (χ4v) is 2.26. The Labute approximate surface area is 110 Å². The fraction of sp³-hybridized carbons (Fsp3) is 0.667. The van der Waals surface area contributed by atoms with Gasteiger partial charge in [0.2, 0.25) is 0 Å². The topological polar surface area (TPSA) is 38.1 Å². The van der Waals surface area contributed by atoms with Crippen LogP contribution in [0.2, 0.25) is 0 Å². The number of halogens is 1. The summed E-state index contributed by atoms with van der Waals surface area (Å²) in [5, 5.41) is 5.14. The minimum Gasteiger partial charge on any atom is -0.370 e. The van der Waals surface area contributed by atoms with Gasteiger partial charge in [-0.25, -0.2) is 4.68 Å². The Morgan fingerprint density at radius 1 is 1.47 bits per heavy atom. The first-order valence-electron chi connectivity index (χ1n) is 6.09. The lowest BCUT2D eigenvalue weighted by Gasteiger charge is -2.17. The van der Waals surface area contributed by atoms with E-state index in [0.717, 1.165) is 24.1 Å². The summed E-state index contributed by atoms with van der Waals surface area (Å²) in [5.74, 6) is 0.415. The molecule has 17 heavy (non-hydrogen) atoms. The molecular formula is C12H18BrN3O. The van der Waals surface area contributed by atoms with Gasteiger partial charge in [0.15, 0.2) is 0 Å². The molecule has 0 radical (unpaired) electrons. The van der Waals surface area contributed by atoms with Gasteiger partial charge in [-0.3, -0.25) is 4.79 Å². The van der Waals surface area contributed by atoms with Crippen molar-refractivity contribution in [3.05, 3.63) is 22.6 Å². The first kappa shape index (κ1) is 12.6. The van der Waals surface area contributed by atoms with E-state index in [1.807, 2.05) is 6.20 Å². The van der Waals surface area contributed by atoms with Crippen LogP contribution >= 0.6 is 15.9 Å². The molecule has 5 heteroatoms. The van der Waals surface area contributed by atoms with Crippen molar-refractivity contribution in [3.63, 3.8) is 0 Å². The van der Waals surface area contributed by atoms with E-state index in [2.05, 4.69) is 32.9 Å². The van der Waals surface area contributed by atoms with E-state index in [1.54, 1.807) is 10.7 Å². The minimum atomic E-state index is 0.00204. The number of alkyl halides is 1. The molecule has 1 unspecified atom stereocenters. The van der Waals surface area contributed by atoms with Crippen LogP contribution in [0.5, 0.6) is 0 Å². The van der Waals surface area contributed by atoms with Crippen LogP contribution in [0.3, 0.4) is 0 Å². The molecule has 0 saturated carbocycles. The maximum atomic E-state index is 11.9. The first-order valence-corrected chi connectivity index (χ1v) is 7.21. The van der Waals surface area contributed by atoms with E-state index in [-0.39, 0.29) is 5.56 Å². The Kier molecular flexibility index (Phi) is 4.20. The summed E-state index contributed by atoms with van der Waals surface area (Å²) in [4.78, 5) is 14.1. The molecule has 4 nitrogen and oxygen atoms in total. The van der Waals surface area contributed by atoms with Crippen molar-refractivity contribution < 1.29 is 0 Å². The van der Waals surface area contributed by atoms with Gasteiger partial charge in [0.1, 0.15) is 0 Å². The highest BCUT2D eigenvalue weighted by molar-refractivity contribution is 9.09. The lowest BCUT2D eigenvalue weighted by molar-refractivity contribution is 0.471. The van der Waals surface area contributed by atoms with Crippen molar-refractivity contribution in [2.45, 2.75) is 26.3 Å². The van der Waals surface area contributed by atoms with Crippen LogP contribution in [-0.4, -0.2) is 28.2 Å². The van der Waals surface area contributed by atoms with Crippen molar-refractivity contribution in [1.82, 2.24) is 9.78 Å². The van der Waals surface area contributed by atoms with Gasteiger partial charge in [-0.05, 0) is 18.8 Å². The predicted molar refractivity (Wildman–Crippen MR) is 72.9 cm³/mol. The highest BCUT2D eigenvalue weighted by Crippen LogP contribution is 2.16. The Morgan fingerprint density at radius 3 is 2.76 bits per heavy atom. The fourth-order valence-electron chi connectivity index (χ4n) is 2.05. The summed E-state index contributed by atoms with van der Waals surface area (Å²) in [6.45, 7) is 4.85. The molecule has 1 aromatic heterocycles. The second kappa shape index (κ2) is 5.67. The number of hydrogen-bond donors (Lipinski definition) is 0. The molecule has 0 spiro atoms. The quantitative estimate of drug-likeness (QED) is 0.797. The molecule has 2 heterocycles. The molecule has 1 fully saturated rings. The van der Waals surface area contributed by atoms with Crippen LogP contribution in [0.15, 0.2) is 17.1 Å². The number of nitrogens with zero attached hydrogens (tertiary/aromatic N) is 3. The standard InChI is InChI=1S/C12H18BrN3O/c1-10(7-13)9-16-12(17)6-11(8-14-16)15-4-2-3-5-15/h6,8,10H,2-5,7,9H2,1H3. The van der Waals surface area contributed by atoms with Gasteiger partial charge in [0.05, 0.1) is 11.9 Å². The largest absolute Gasteiger partial charge is 0.370 e. The molecule has 0 N–H and O–H groups in total. The third kappa shape index (κ3) is 3.09. The molecule has 0 bridgehead atoms. The molecule has 0 aromatic carbocycles. The van der Waals surface area contributed by atoms with Crippen LogP contribution in [0.4, 0.5) is 5.69 Å². The summed E-state index contributed by atoms with van der Waals surface area (Å²) < 4.78 is 1.55. The highest BCUT2D eigenvalue weighted by atomic mass is 79.9. The molecule has 1 saturated heterocycles. The van der Waals surface area contributed by atoms with E-state index in [0.29, 0.717) is 12.5 Å². The zero-order chi connectivity index (χ0) is 12.3. The van der Waals surface area contributed by atoms with E-state index in [9.17, 15) is 4.79 Å². The normalized spacial score (nSPS) is 17.4. The zero-order valence-corrected chi connectivity index (χ0v) is 11.7. The SMILES string of the molecule is CC(CBr)Cn1ncc(N2CCCC2)cc1=O. The Hall–Kier alpha value is -0.840. The second-order valence-corrected chi connectivity index (χ2v) is 5.34. The molecule has 94 valence electrons. The second-order valence-electron chi connectivity index (χ2n) is 4.69. The molecule has 2 rings (SSSR count). The summed E-state index contributed by atoms with van der Waals surface area (Å²) >= 11 is 3.41. The van der Waals surface area contributed by atoms with Crippen LogP contribution in [0.1, 0.15) is 19.8 Å². The van der Waals surface area contributed by atoms with Crippen molar-refractivity contribution in [2.75, 3.05) is 23.3 Å². The maximum Gasteiger partial charge on any atom is 0.268 e. The van der Waals surface area contributed by atoms with Crippen molar-refractivity contribution in [2.24, 2.45) is 5.92 Å². The van der Waals surface area contributed by atoms with Crippen LogP contribution in [0, 0.1) is 5.92 Å².